The maximum absolute atomic E-state index is 12.7. The monoisotopic (exact) mass is 256 g/mol. The summed E-state index contributed by atoms with van der Waals surface area (Å²) in [6.45, 7) is 0.990. The molecule has 0 aliphatic heterocycles. The van der Waals surface area contributed by atoms with Gasteiger partial charge in [-0.2, -0.15) is 0 Å². The smallest absolute Gasteiger partial charge is 0.338 e. The van der Waals surface area contributed by atoms with Gasteiger partial charge in [-0.05, 0) is 12.1 Å². The van der Waals surface area contributed by atoms with Gasteiger partial charge in [-0.25, -0.2) is 19.0 Å². The third kappa shape index (κ3) is 2.78. The van der Waals surface area contributed by atoms with E-state index in [0.29, 0.717) is 4.90 Å². The summed E-state index contributed by atoms with van der Waals surface area (Å²) in [5.74, 6) is -5.21. The third-order valence-corrected chi connectivity index (χ3v) is 2.02. The number of carbonyl (C=O) groups excluding carboxylic acids is 1. The van der Waals surface area contributed by atoms with Gasteiger partial charge in [0.05, 0.1) is 6.20 Å². The number of rotatable bonds is 4. The molecule has 0 aliphatic carbocycles. The van der Waals surface area contributed by atoms with Crippen LogP contribution >= 0.6 is 0 Å². The molecule has 0 atom stereocenters. The Bertz CT molecular complexity index is 474. The van der Waals surface area contributed by atoms with Crippen molar-refractivity contribution in [2.75, 3.05) is 4.90 Å². The van der Waals surface area contributed by atoms with Crippen LogP contribution in [0.15, 0.2) is 18.3 Å². The second kappa shape index (κ2) is 5.21. The minimum absolute atomic E-state index is 0.251. The van der Waals surface area contributed by atoms with Crippen LogP contribution in [0, 0.1) is 5.82 Å². The number of aliphatic carboxylic acids is 2. The average Bonchev–Trinajstić information content (AvgIpc) is 2.25. The number of carbonyl (C=O) groups is 3. The van der Waals surface area contributed by atoms with E-state index in [2.05, 4.69) is 4.98 Å². The van der Waals surface area contributed by atoms with Gasteiger partial charge in [-0.3, -0.25) is 9.69 Å². The minimum Gasteiger partial charge on any atom is -0.479 e. The molecule has 0 aliphatic rings. The SMILES string of the molecule is CC(=O)N(c1ccc(F)cn1)C(C(=O)O)C(=O)O. The lowest BCUT2D eigenvalue weighted by Crippen LogP contribution is -2.49. The van der Waals surface area contributed by atoms with Gasteiger partial charge in [-0.15, -0.1) is 0 Å². The lowest BCUT2D eigenvalue weighted by atomic mass is 10.2. The molecule has 1 aromatic heterocycles. The van der Waals surface area contributed by atoms with Crippen LogP contribution in [-0.2, 0) is 14.4 Å². The first-order valence-electron chi connectivity index (χ1n) is 4.71. The highest BCUT2D eigenvalue weighted by Gasteiger charge is 2.36. The molecule has 1 rings (SSSR count). The highest BCUT2D eigenvalue weighted by molar-refractivity contribution is 6.08. The molecule has 0 radical (unpaired) electrons. The zero-order valence-corrected chi connectivity index (χ0v) is 9.20. The van der Waals surface area contributed by atoms with Gasteiger partial charge in [0.25, 0.3) is 0 Å². The normalized spacial score (nSPS) is 10.2. The van der Waals surface area contributed by atoms with E-state index < -0.39 is 29.7 Å². The van der Waals surface area contributed by atoms with Crippen LogP contribution < -0.4 is 4.90 Å². The summed E-state index contributed by atoms with van der Waals surface area (Å²) < 4.78 is 12.7. The summed E-state index contributed by atoms with van der Waals surface area (Å²) in [6.07, 6.45) is 0.756. The van der Waals surface area contributed by atoms with Crippen molar-refractivity contribution in [3.63, 3.8) is 0 Å². The molecule has 2 N–H and O–H groups in total. The fraction of sp³-hybridized carbons (Fsp3) is 0.200. The fourth-order valence-corrected chi connectivity index (χ4v) is 1.31. The van der Waals surface area contributed by atoms with Crippen molar-refractivity contribution in [3.05, 3.63) is 24.1 Å². The van der Waals surface area contributed by atoms with E-state index in [1.165, 1.54) is 0 Å². The summed E-state index contributed by atoms with van der Waals surface area (Å²) in [4.78, 5) is 37.0. The molecule has 1 heterocycles. The van der Waals surface area contributed by atoms with Crippen molar-refractivity contribution in [1.82, 2.24) is 4.98 Å². The summed E-state index contributed by atoms with van der Waals surface area (Å²) in [5, 5.41) is 17.6. The third-order valence-electron chi connectivity index (χ3n) is 2.02. The molecule has 18 heavy (non-hydrogen) atoms. The molecule has 0 unspecified atom stereocenters. The predicted octanol–water partition coefficient (Wildman–Crippen LogP) is 0.111. The number of anilines is 1. The van der Waals surface area contributed by atoms with Crippen LogP contribution in [-0.4, -0.2) is 39.1 Å². The van der Waals surface area contributed by atoms with Crippen LogP contribution in [0.5, 0.6) is 0 Å². The molecule has 0 fully saturated rings. The zero-order valence-electron chi connectivity index (χ0n) is 9.20. The first-order valence-corrected chi connectivity index (χ1v) is 4.71. The lowest BCUT2D eigenvalue weighted by molar-refractivity contribution is -0.151. The van der Waals surface area contributed by atoms with Crippen LogP contribution in [0.3, 0.4) is 0 Å². The van der Waals surface area contributed by atoms with Gasteiger partial charge in [0.2, 0.25) is 11.9 Å². The van der Waals surface area contributed by atoms with Crippen LogP contribution in [0.2, 0.25) is 0 Å². The second-order valence-corrected chi connectivity index (χ2v) is 3.30. The molecule has 7 nitrogen and oxygen atoms in total. The minimum atomic E-state index is -2.11. The molecule has 96 valence electrons. The highest BCUT2D eigenvalue weighted by Crippen LogP contribution is 2.15. The van der Waals surface area contributed by atoms with Crippen LogP contribution in [0.1, 0.15) is 6.92 Å². The number of nitrogens with zero attached hydrogens (tertiary/aromatic N) is 2. The first kappa shape index (κ1) is 13.6. The van der Waals surface area contributed by atoms with Crippen molar-refractivity contribution >= 4 is 23.7 Å². The maximum Gasteiger partial charge on any atom is 0.338 e. The standard InChI is InChI=1S/C10H9FN2O5/c1-5(14)13(8(9(15)16)10(17)18)7-3-2-6(11)4-12-7/h2-4,8H,1H3,(H,15,16)(H,17,18). The molecule has 1 aromatic rings. The van der Waals surface area contributed by atoms with Crippen molar-refractivity contribution in [2.24, 2.45) is 0 Å². The number of carboxylic acids is 2. The van der Waals surface area contributed by atoms with E-state index in [0.717, 1.165) is 25.3 Å². The molecule has 8 heteroatoms. The van der Waals surface area contributed by atoms with Crippen molar-refractivity contribution in [3.8, 4) is 0 Å². The molecule has 0 bridgehead atoms. The Balaban J connectivity index is 3.24. The number of pyridine rings is 1. The van der Waals surface area contributed by atoms with Gasteiger partial charge in [-0.1, -0.05) is 0 Å². The zero-order chi connectivity index (χ0) is 13.9. The van der Waals surface area contributed by atoms with E-state index in [1.54, 1.807) is 0 Å². The van der Waals surface area contributed by atoms with Crippen molar-refractivity contribution in [2.45, 2.75) is 13.0 Å². The van der Waals surface area contributed by atoms with Gasteiger partial charge in [0.1, 0.15) is 11.6 Å². The van der Waals surface area contributed by atoms with Gasteiger partial charge >= 0.3 is 11.9 Å². The maximum atomic E-state index is 12.7. The molecule has 0 spiro atoms. The Kier molecular flexibility index (Phi) is 3.93. The van der Waals surface area contributed by atoms with Gasteiger partial charge in [0.15, 0.2) is 0 Å². The largest absolute Gasteiger partial charge is 0.479 e. The second-order valence-electron chi connectivity index (χ2n) is 3.30. The topological polar surface area (TPSA) is 108 Å². The summed E-state index contributed by atoms with van der Waals surface area (Å²) in [7, 11) is 0. The van der Waals surface area contributed by atoms with Crippen molar-refractivity contribution < 1.29 is 29.0 Å². The Morgan fingerprint density at radius 3 is 2.17 bits per heavy atom. The Labute approximate surface area is 100 Å². The highest BCUT2D eigenvalue weighted by atomic mass is 19.1. The number of halogens is 1. The predicted molar refractivity (Wildman–Crippen MR) is 56.4 cm³/mol. The summed E-state index contributed by atoms with van der Waals surface area (Å²) in [6, 6.07) is -0.144. The van der Waals surface area contributed by atoms with E-state index in [1.807, 2.05) is 0 Å². The van der Waals surface area contributed by atoms with Crippen LogP contribution in [0.25, 0.3) is 0 Å². The average molecular weight is 256 g/mol. The Hall–Kier alpha value is -2.51. The van der Waals surface area contributed by atoms with E-state index in [9.17, 15) is 18.8 Å². The molecule has 0 saturated carbocycles. The molecule has 0 saturated heterocycles. The molecular weight excluding hydrogens is 247 g/mol. The fourth-order valence-electron chi connectivity index (χ4n) is 1.31. The Morgan fingerprint density at radius 2 is 1.83 bits per heavy atom. The van der Waals surface area contributed by atoms with Crippen LogP contribution in [0.4, 0.5) is 10.2 Å². The number of aromatic nitrogens is 1. The van der Waals surface area contributed by atoms with Gasteiger partial charge in [0, 0.05) is 6.92 Å². The molecule has 1 amide bonds. The summed E-state index contributed by atoms with van der Waals surface area (Å²) in [5.41, 5.74) is 0. The Morgan fingerprint density at radius 1 is 1.28 bits per heavy atom. The molecular formula is C10H9FN2O5. The number of hydrogen-bond donors (Lipinski definition) is 2. The van der Waals surface area contributed by atoms with E-state index >= 15 is 0 Å². The van der Waals surface area contributed by atoms with Gasteiger partial charge < -0.3 is 10.2 Å². The first-order chi connectivity index (χ1) is 8.34. The number of amides is 1. The number of carboxylic acid groups (broad SMARTS) is 2. The lowest BCUT2D eigenvalue weighted by Gasteiger charge is -2.23. The summed E-state index contributed by atoms with van der Waals surface area (Å²) >= 11 is 0. The van der Waals surface area contributed by atoms with Crippen molar-refractivity contribution in [1.29, 1.82) is 0 Å². The quantitative estimate of drug-likeness (QED) is 0.740. The molecule has 0 aromatic carbocycles. The number of hydrogen-bond acceptors (Lipinski definition) is 4. The van der Waals surface area contributed by atoms with E-state index in [4.69, 9.17) is 10.2 Å². The van der Waals surface area contributed by atoms with E-state index in [-0.39, 0.29) is 5.82 Å².